The summed E-state index contributed by atoms with van der Waals surface area (Å²) in [4.78, 5) is 27.2. The van der Waals surface area contributed by atoms with Crippen LogP contribution >= 0.6 is 0 Å². The van der Waals surface area contributed by atoms with E-state index in [0.29, 0.717) is 23.7 Å². The number of urea groups is 1. The summed E-state index contributed by atoms with van der Waals surface area (Å²) in [6.07, 6.45) is 0.725. The number of azide groups is 1. The third-order valence-electron chi connectivity index (χ3n) is 4.16. The molecule has 0 unspecified atom stereocenters. The Hall–Kier alpha value is -3.51. The Morgan fingerprint density at radius 3 is 2.38 bits per heavy atom. The van der Waals surface area contributed by atoms with Crippen LogP contribution in [0.15, 0.2) is 59.7 Å². The minimum Gasteiger partial charge on any atom is -0.349 e. The molecule has 0 saturated heterocycles. The largest absolute Gasteiger partial charge is 0.349 e. The number of amides is 3. The number of benzene rings is 2. The molecule has 0 aliphatic carbocycles. The molecule has 0 heterocycles. The van der Waals surface area contributed by atoms with Gasteiger partial charge in [-0.1, -0.05) is 49.3 Å². The van der Waals surface area contributed by atoms with Crippen LogP contribution in [0, 0.1) is 5.92 Å². The molecule has 152 valence electrons. The van der Waals surface area contributed by atoms with Gasteiger partial charge in [0, 0.05) is 35.3 Å². The molecule has 2 aromatic carbocycles. The summed E-state index contributed by atoms with van der Waals surface area (Å²) in [5.74, 6) is 0.148. The zero-order chi connectivity index (χ0) is 21.1. The molecule has 1 atom stereocenters. The molecule has 3 N–H and O–H groups in total. The molecule has 0 aliphatic heterocycles. The van der Waals surface area contributed by atoms with Crippen molar-refractivity contribution in [2.45, 2.75) is 32.9 Å². The predicted octanol–water partition coefficient (Wildman–Crippen LogP) is 4.46. The van der Waals surface area contributed by atoms with E-state index in [4.69, 9.17) is 5.53 Å². The van der Waals surface area contributed by atoms with Gasteiger partial charge >= 0.3 is 6.03 Å². The third-order valence-corrected chi connectivity index (χ3v) is 4.16. The molecule has 29 heavy (non-hydrogen) atoms. The highest BCUT2D eigenvalue weighted by atomic mass is 16.2. The molecule has 0 bridgehead atoms. The molecule has 2 rings (SSSR count). The predicted molar refractivity (Wildman–Crippen MR) is 113 cm³/mol. The van der Waals surface area contributed by atoms with Crippen molar-refractivity contribution in [3.05, 3.63) is 76.2 Å². The first-order valence-corrected chi connectivity index (χ1v) is 9.48. The molecular weight excluding hydrogens is 368 g/mol. The van der Waals surface area contributed by atoms with Crippen molar-refractivity contribution in [1.82, 2.24) is 10.6 Å². The van der Waals surface area contributed by atoms with Gasteiger partial charge in [-0.05, 0) is 47.7 Å². The van der Waals surface area contributed by atoms with Gasteiger partial charge in [-0.25, -0.2) is 4.79 Å². The summed E-state index contributed by atoms with van der Waals surface area (Å²) in [5.41, 5.74) is 10.6. The quantitative estimate of drug-likeness (QED) is 0.330. The highest BCUT2D eigenvalue weighted by molar-refractivity contribution is 5.94. The van der Waals surface area contributed by atoms with Crippen molar-refractivity contribution < 1.29 is 9.59 Å². The Balaban J connectivity index is 1.87. The van der Waals surface area contributed by atoms with Crippen LogP contribution < -0.4 is 16.0 Å². The van der Waals surface area contributed by atoms with Gasteiger partial charge in [0.2, 0.25) is 0 Å². The van der Waals surface area contributed by atoms with Crippen LogP contribution in [0.5, 0.6) is 0 Å². The number of anilines is 1. The third kappa shape index (κ3) is 7.94. The summed E-state index contributed by atoms with van der Waals surface area (Å²) < 4.78 is 0. The van der Waals surface area contributed by atoms with Gasteiger partial charge in [-0.15, -0.1) is 0 Å². The van der Waals surface area contributed by atoms with E-state index in [0.717, 1.165) is 12.0 Å². The maximum atomic E-state index is 12.5. The number of nitrogens with one attached hydrogen (secondary N) is 3. The second-order valence-electron chi connectivity index (χ2n) is 7.08. The van der Waals surface area contributed by atoms with Crippen molar-refractivity contribution in [2.24, 2.45) is 11.0 Å². The van der Waals surface area contributed by atoms with E-state index < -0.39 is 0 Å². The summed E-state index contributed by atoms with van der Waals surface area (Å²) in [6.45, 7) is 4.66. The lowest BCUT2D eigenvalue weighted by Crippen LogP contribution is -2.37. The minimum absolute atomic E-state index is 0.207. The van der Waals surface area contributed by atoms with Crippen LogP contribution in [0.1, 0.15) is 36.2 Å². The molecule has 0 aromatic heterocycles. The van der Waals surface area contributed by atoms with Crippen molar-refractivity contribution in [3.63, 3.8) is 0 Å². The molecular formula is C21H26N6O2. The smallest absolute Gasteiger partial charge is 0.319 e. The number of nitrogens with zero attached hydrogens (tertiary/aromatic N) is 3. The number of rotatable bonds is 9. The van der Waals surface area contributed by atoms with Crippen molar-refractivity contribution in [1.29, 1.82) is 0 Å². The van der Waals surface area contributed by atoms with Crippen molar-refractivity contribution in [2.75, 3.05) is 11.9 Å². The molecule has 0 fully saturated rings. The summed E-state index contributed by atoms with van der Waals surface area (Å²) >= 11 is 0. The molecule has 0 saturated carbocycles. The fraction of sp³-hybridized carbons (Fsp3) is 0.333. The van der Waals surface area contributed by atoms with Crippen molar-refractivity contribution in [3.8, 4) is 0 Å². The first-order chi connectivity index (χ1) is 14.0. The SMILES string of the molecule is CC(C)C[C@@H](CN=[N+]=[N-])NC(=O)c1ccc(CNC(=O)Nc2ccccc2)cc1. The van der Waals surface area contributed by atoms with E-state index in [9.17, 15) is 9.59 Å². The number of hydrogen-bond acceptors (Lipinski definition) is 3. The number of para-hydroxylation sites is 1. The Morgan fingerprint density at radius 2 is 1.76 bits per heavy atom. The van der Waals surface area contributed by atoms with Crippen LogP contribution in [0.4, 0.5) is 10.5 Å². The van der Waals surface area contributed by atoms with Gasteiger partial charge in [0.05, 0.1) is 0 Å². The van der Waals surface area contributed by atoms with E-state index >= 15 is 0 Å². The zero-order valence-electron chi connectivity index (χ0n) is 16.6. The van der Waals surface area contributed by atoms with Gasteiger partial charge in [-0.3, -0.25) is 4.79 Å². The van der Waals surface area contributed by atoms with E-state index in [2.05, 4.69) is 26.0 Å². The Labute approximate surface area is 170 Å². The van der Waals surface area contributed by atoms with Crippen LogP contribution in [-0.2, 0) is 6.54 Å². The van der Waals surface area contributed by atoms with E-state index in [1.165, 1.54) is 0 Å². The molecule has 0 radical (unpaired) electrons. The van der Waals surface area contributed by atoms with Crippen LogP contribution in [-0.4, -0.2) is 24.5 Å². The standard InChI is InChI=1S/C21H26N6O2/c1-15(2)12-19(14-24-27-22)25-20(28)17-10-8-16(9-11-17)13-23-21(29)26-18-6-4-3-5-7-18/h3-11,15,19H,12-14H2,1-2H3,(H,25,28)(H2,23,26,29)/t19-/m0/s1. The van der Waals surface area contributed by atoms with Crippen LogP contribution in [0.3, 0.4) is 0 Å². The fourth-order valence-electron chi connectivity index (χ4n) is 2.81. The normalized spacial score (nSPS) is 11.3. The lowest BCUT2D eigenvalue weighted by Gasteiger charge is -2.18. The Kier molecular flexibility index (Phi) is 8.53. The lowest BCUT2D eigenvalue weighted by atomic mass is 10.0. The first kappa shape index (κ1) is 21.8. The molecule has 8 heteroatoms. The molecule has 0 spiro atoms. The van der Waals surface area contributed by atoms with Gasteiger partial charge < -0.3 is 16.0 Å². The van der Waals surface area contributed by atoms with Crippen LogP contribution in [0.2, 0.25) is 0 Å². The van der Waals surface area contributed by atoms with E-state index in [-0.39, 0.29) is 24.5 Å². The number of carbonyl (C=O) groups is 2. The fourth-order valence-corrected chi connectivity index (χ4v) is 2.81. The second kappa shape index (κ2) is 11.4. The van der Waals surface area contributed by atoms with E-state index in [1.807, 2.05) is 44.2 Å². The van der Waals surface area contributed by atoms with Crippen LogP contribution in [0.25, 0.3) is 10.4 Å². The van der Waals surface area contributed by atoms with Gasteiger partial charge in [-0.2, -0.15) is 0 Å². The molecule has 3 amide bonds. The maximum absolute atomic E-state index is 12.5. The number of hydrogen-bond donors (Lipinski definition) is 3. The molecule has 0 aliphatic rings. The summed E-state index contributed by atoms with van der Waals surface area (Å²) in [6, 6.07) is 15.7. The molecule has 2 aromatic rings. The highest BCUT2D eigenvalue weighted by Crippen LogP contribution is 2.09. The highest BCUT2D eigenvalue weighted by Gasteiger charge is 2.14. The van der Waals surface area contributed by atoms with Crippen molar-refractivity contribution >= 4 is 17.6 Å². The Bertz CT molecular complexity index is 845. The monoisotopic (exact) mass is 394 g/mol. The Morgan fingerprint density at radius 1 is 1.07 bits per heavy atom. The van der Waals surface area contributed by atoms with Gasteiger partial charge in [0.1, 0.15) is 0 Å². The second-order valence-corrected chi connectivity index (χ2v) is 7.08. The van der Waals surface area contributed by atoms with E-state index in [1.54, 1.807) is 24.3 Å². The average Bonchev–Trinajstić information content (AvgIpc) is 2.71. The number of carbonyl (C=O) groups excluding carboxylic acids is 2. The minimum atomic E-state index is -0.299. The molecule has 8 nitrogen and oxygen atoms in total. The summed E-state index contributed by atoms with van der Waals surface area (Å²) in [7, 11) is 0. The van der Waals surface area contributed by atoms with Gasteiger partial charge in [0.25, 0.3) is 5.91 Å². The zero-order valence-corrected chi connectivity index (χ0v) is 16.6. The maximum Gasteiger partial charge on any atom is 0.319 e. The lowest BCUT2D eigenvalue weighted by molar-refractivity contribution is 0.0934. The summed E-state index contributed by atoms with van der Waals surface area (Å²) in [5, 5.41) is 12.0. The topological polar surface area (TPSA) is 119 Å². The van der Waals surface area contributed by atoms with Gasteiger partial charge in [0.15, 0.2) is 0 Å². The average molecular weight is 394 g/mol. The first-order valence-electron chi connectivity index (χ1n) is 9.48.